The van der Waals surface area contributed by atoms with Gasteiger partial charge < -0.3 is 9.97 Å². The van der Waals surface area contributed by atoms with E-state index in [2.05, 4.69) is 140 Å². The molecule has 4 N–H and O–H groups in total. The van der Waals surface area contributed by atoms with Gasteiger partial charge in [0.15, 0.2) is 0 Å². The van der Waals surface area contributed by atoms with Crippen LogP contribution in [0.25, 0.3) is 46.4 Å². The molecule has 11 rings (SSSR count). The van der Waals surface area contributed by atoms with Gasteiger partial charge in [0.2, 0.25) is 0 Å². The molecule has 9 heteroatoms. The summed E-state index contributed by atoms with van der Waals surface area (Å²) < 4.78 is 3.02. The van der Waals surface area contributed by atoms with Crippen molar-refractivity contribution < 1.29 is 17.1 Å². The zero-order chi connectivity index (χ0) is 35.1. The standard InChI is InChI=1S/C20H14N4.2C12H8NS.Zn/c1-2-14-10-16-5-6-18(23-16)12-20-8-7-19(24-20)11-17-4-3-15(22-17)9-13(1)21-14;2*1-3-7-11-9(5-1)13-10-6-2-4-8-12(10)14-11;/h1-12,21,24H;2*1-5,7-8,13H;. The molecule has 0 spiro atoms. The van der Waals surface area contributed by atoms with Crippen molar-refractivity contribution in [2.75, 3.05) is 10.6 Å². The van der Waals surface area contributed by atoms with Crippen LogP contribution in [-0.2, 0) is 17.1 Å². The van der Waals surface area contributed by atoms with E-state index in [1.165, 1.54) is 50.6 Å². The molecule has 0 aliphatic carbocycles. The first-order chi connectivity index (χ1) is 26.1. The predicted molar refractivity (Wildman–Crippen MR) is 219 cm³/mol. The summed E-state index contributed by atoms with van der Waals surface area (Å²) in [5.41, 5.74) is 12.9. The first-order valence-corrected chi connectivity index (χ1v) is 22.1. The second-order valence-electron chi connectivity index (χ2n) is 13.1. The van der Waals surface area contributed by atoms with Gasteiger partial charge in [0.05, 0.1) is 22.8 Å². The van der Waals surface area contributed by atoms with Gasteiger partial charge in [-0.05, 0) is 72.8 Å². The molecule has 3 aromatic heterocycles. The maximum atomic E-state index is 4.63. The number of anilines is 4. The molecule has 0 fully saturated rings. The number of aromatic nitrogens is 4. The molecule has 0 saturated carbocycles. The quantitative estimate of drug-likeness (QED) is 0.131. The molecule has 250 valence electrons. The predicted octanol–water partition coefficient (Wildman–Crippen LogP) is 10.8. The second-order valence-corrected chi connectivity index (χ2v) is 19.2. The van der Waals surface area contributed by atoms with E-state index in [0.717, 1.165) is 44.8 Å². The Balaban J connectivity index is 0.000000134. The van der Waals surface area contributed by atoms with Crippen molar-refractivity contribution >= 4 is 101 Å². The fraction of sp³-hybridized carbons (Fsp3) is 0. The molecule has 0 unspecified atom stereocenters. The first kappa shape index (κ1) is 32.1. The van der Waals surface area contributed by atoms with Crippen molar-refractivity contribution in [3.8, 4) is 0 Å². The van der Waals surface area contributed by atoms with Crippen molar-refractivity contribution in [1.29, 1.82) is 0 Å². The van der Waals surface area contributed by atoms with Gasteiger partial charge >= 0.3 is 187 Å². The van der Waals surface area contributed by atoms with E-state index in [0.29, 0.717) is 0 Å². The number of rotatable bonds is 2. The Kier molecular flexibility index (Phi) is 8.32. The Hall–Kier alpha value is -5.60. The number of benzene rings is 4. The molecule has 4 aromatic carbocycles. The number of fused-ring (bicyclic) bond motifs is 12. The van der Waals surface area contributed by atoms with Crippen LogP contribution in [0.5, 0.6) is 0 Å². The summed E-state index contributed by atoms with van der Waals surface area (Å²) in [5.74, 6) is 0. The summed E-state index contributed by atoms with van der Waals surface area (Å²) in [4.78, 5) is 21.3. The van der Waals surface area contributed by atoms with E-state index in [4.69, 9.17) is 0 Å². The molecular formula is C44H30N6S2Zn. The van der Waals surface area contributed by atoms with Gasteiger partial charge in [-0.15, -0.1) is 0 Å². The normalized spacial score (nSPS) is 12.8. The number of H-pyrrole nitrogens is 2. The number of nitrogens with one attached hydrogen (secondary N) is 4. The van der Waals surface area contributed by atoms with E-state index in [-0.39, 0.29) is 0 Å². The zero-order valence-electron chi connectivity index (χ0n) is 28.4. The van der Waals surface area contributed by atoms with Crippen LogP contribution in [0.3, 0.4) is 0 Å². The van der Waals surface area contributed by atoms with Crippen LogP contribution in [-0.4, -0.2) is 19.9 Å². The molecule has 53 heavy (non-hydrogen) atoms. The van der Waals surface area contributed by atoms with E-state index >= 15 is 0 Å². The molecular weight excluding hydrogens is 742 g/mol. The average molecular weight is 772 g/mol. The van der Waals surface area contributed by atoms with Crippen LogP contribution < -0.4 is 18.9 Å². The Morgan fingerprint density at radius 3 is 1.19 bits per heavy atom. The van der Waals surface area contributed by atoms with Crippen LogP contribution >= 0.6 is 23.5 Å². The van der Waals surface area contributed by atoms with Gasteiger partial charge in [0.25, 0.3) is 0 Å². The minimum atomic E-state index is -1.20. The Morgan fingerprint density at radius 1 is 0.396 bits per heavy atom. The molecule has 4 aliphatic rings. The van der Waals surface area contributed by atoms with Crippen LogP contribution in [0.4, 0.5) is 22.7 Å². The molecule has 0 saturated heterocycles. The summed E-state index contributed by atoms with van der Waals surface area (Å²) in [7, 11) is 0. The molecule has 6 nitrogen and oxygen atoms in total. The number of hydrogen-bond donors (Lipinski definition) is 4. The molecule has 0 atom stereocenters. The Morgan fingerprint density at radius 2 is 0.774 bits per heavy atom. The van der Waals surface area contributed by atoms with Gasteiger partial charge in [-0.2, -0.15) is 0 Å². The van der Waals surface area contributed by atoms with Gasteiger partial charge in [0, 0.05) is 22.1 Å². The van der Waals surface area contributed by atoms with E-state index in [9.17, 15) is 0 Å². The van der Waals surface area contributed by atoms with Crippen LogP contribution in [0, 0.1) is 0 Å². The van der Waals surface area contributed by atoms with Crippen LogP contribution in [0.2, 0.25) is 0 Å². The van der Waals surface area contributed by atoms with Crippen molar-refractivity contribution in [3.63, 3.8) is 0 Å². The molecule has 4 aliphatic heterocycles. The number of hydrogen-bond acceptors (Lipinski definition) is 6. The van der Waals surface area contributed by atoms with Crippen LogP contribution in [0.15, 0.2) is 153 Å². The third-order valence-electron chi connectivity index (χ3n) is 9.38. The fourth-order valence-electron chi connectivity index (χ4n) is 6.87. The van der Waals surface area contributed by atoms with E-state index in [1.807, 2.05) is 72.1 Å². The number of nitrogens with zero attached hydrogens (tertiary/aromatic N) is 2. The monoisotopic (exact) mass is 770 g/mol. The topological polar surface area (TPSA) is 81.4 Å². The average Bonchev–Trinajstić information content (AvgIpc) is 4.01. The Bertz CT molecular complexity index is 2530. The molecule has 8 bridgehead atoms. The number of para-hydroxylation sites is 4. The summed E-state index contributed by atoms with van der Waals surface area (Å²) in [6, 6.07) is 47.1. The maximum absolute atomic E-state index is 4.63. The van der Waals surface area contributed by atoms with Crippen molar-refractivity contribution in [1.82, 2.24) is 19.9 Å². The third-order valence-corrected chi connectivity index (χ3v) is 15.7. The van der Waals surface area contributed by atoms with Crippen molar-refractivity contribution in [2.24, 2.45) is 0 Å². The molecule has 7 heterocycles. The van der Waals surface area contributed by atoms with Crippen LogP contribution in [0.1, 0.15) is 22.8 Å². The van der Waals surface area contributed by atoms with Crippen molar-refractivity contribution in [3.05, 3.63) is 156 Å². The summed E-state index contributed by atoms with van der Waals surface area (Å²) >= 11 is 2.55. The third kappa shape index (κ3) is 6.75. The minimum absolute atomic E-state index is 0.939. The molecule has 0 amide bonds. The second kappa shape index (κ2) is 13.8. The number of aromatic amines is 2. The van der Waals surface area contributed by atoms with E-state index in [1.54, 1.807) is 0 Å². The summed E-state index contributed by atoms with van der Waals surface area (Å²) in [6.07, 6.45) is 8.09. The van der Waals surface area contributed by atoms with Crippen molar-refractivity contribution in [2.45, 2.75) is 19.6 Å². The van der Waals surface area contributed by atoms with Gasteiger partial charge in [-0.25, -0.2) is 9.97 Å². The SMILES string of the molecule is C1=Cc2cc3ccc(cc4nc(cc5ccc(cc1n2)[nH]5)C=C4)[nH]3.c1ccc2c(c1)Nc1c(ccc[c]1[Zn][c]1cccc3c1Nc1ccccc1S3)S2. The van der Waals surface area contributed by atoms with Gasteiger partial charge in [-0.1, -0.05) is 0 Å². The zero-order valence-corrected chi connectivity index (χ0v) is 33.0. The van der Waals surface area contributed by atoms with Gasteiger partial charge in [-0.3, -0.25) is 0 Å². The fourth-order valence-corrected chi connectivity index (χ4v) is 13.3. The summed E-state index contributed by atoms with van der Waals surface area (Å²) in [6.45, 7) is 0. The Labute approximate surface area is 322 Å². The molecule has 0 radical (unpaired) electrons. The van der Waals surface area contributed by atoms with Gasteiger partial charge in [0.1, 0.15) is 0 Å². The first-order valence-electron chi connectivity index (χ1n) is 17.5. The molecule has 7 aromatic rings. The van der Waals surface area contributed by atoms with E-state index < -0.39 is 17.1 Å². The summed E-state index contributed by atoms with van der Waals surface area (Å²) in [5, 5.41) is 7.45.